The normalized spacial score (nSPS) is 16.4. The smallest absolute Gasteiger partial charge is 0.222 e. The van der Waals surface area contributed by atoms with Gasteiger partial charge in [-0.05, 0) is 54.4 Å². The average Bonchev–Trinajstić information content (AvgIpc) is 3.65. The molecule has 2 aromatic heterocycles. The molecule has 3 heterocycles. The van der Waals surface area contributed by atoms with Gasteiger partial charge in [-0.3, -0.25) is 0 Å². The molecule has 0 spiro atoms. The van der Waals surface area contributed by atoms with E-state index in [0.29, 0.717) is 17.4 Å². The number of nitrogens with one attached hydrogen (secondary N) is 1. The summed E-state index contributed by atoms with van der Waals surface area (Å²) in [5.41, 5.74) is 4.92. The maximum absolute atomic E-state index is 5.61. The van der Waals surface area contributed by atoms with Crippen LogP contribution < -0.4 is 19.5 Å². The van der Waals surface area contributed by atoms with Crippen LogP contribution in [0.15, 0.2) is 85.3 Å². The largest absolute Gasteiger partial charge is 0.497 e. The molecule has 0 saturated carbocycles. The molecule has 0 saturated heterocycles. The molecule has 1 aliphatic heterocycles. The van der Waals surface area contributed by atoms with Crippen LogP contribution >= 0.6 is 0 Å². The zero-order chi connectivity index (χ0) is 26.1. The second-order valence-electron chi connectivity index (χ2n) is 9.03. The quantitative estimate of drug-likeness (QED) is 0.319. The van der Waals surface area contributed by atoms with E-state index in [4.69, 9.17) is 19.3 Å². The van der Waals surface area contributed by atoms with E-state index in [1.54, 1.807) is 27.7 Å². The van der Waals surface area contributed by atoms with Gasteiger partial charge in [0.25, 0.3) is 0 Å². The fourth-order valence-electron chi connectivity index (χ4n) is 4.99. The number of para-hydroxylation sites is 1. The van der Waals surface area contributed by atoms with Gasteiger partial charge in [0.1, 0.15) is 12.1 Å². The highest BCUT2D eigenvalue weighted by molar-refractivity contribution is 5.68. The maximum atomic E-state index is 5.61. The van der Waals surface area contributed by atoms with Crippen molar-refractivity contribution in [1.82, 2.24) is 24.5 Å². The molecule has 6 rings (SSSR count). The van der Waals surface area contributed by atoms with Crippen molar-refractivity contribution in [1.29, 1.82) is 0 Å². The number of nitrogens with zero attached hydrogens (tertiary/aromatic N) is 5. The number of hydrogen-bond acceptors (Lipinski definition) is 7. The van der Waals surface area contributed by atoms with E-state index < -0.39 is 0 Å². The molecule has 5 aromatic rings. The molecule has 0 bridgehead atoms. The minimum absolute atomic E-state index is 0.0286. The first-order valence-corrected chi connectivity index (χ1v) is 12.4. The number of rotatable bonds is 7. The van der Waals surface area contributed by atoms with Crippen LogP contribution in [0.25, 0.3) is 16.9 Å². The van der Waals surface area contributed by atoms with E-state index in [-0.39, 0.29) is 12.1 Å². The summed E-state index contributed by atoms with van der Waals surface area (Å²) >= 11 is 0. The number of benzene rings is 3. The summed E-state index contributed by atoms with van der Waals surface area (Å²) in [6, 6.07) is 24.0. The van der Waals surface area contributed by atoms with Crippen LogP contribution in [0.5, 0.6) is 17.2 Å². The molecule has 192 valence electrons. The molecule has 1 aliphatic rings. The number of methoxy groups -OCH3 is 3. The summed E-state index contributed by atoms with van der Waals surface area (Å²) < 4.78 is 20.3. The highest BCUT2D eigenvalue weighted by Crippen LogP contribution is 2.42. The lowest BCUT2D eigenvalue weighted by molar-refractivity contribution is 0.355. The summed E-state index contributed by atoms with van der Waals surface area (Å²) in [6.45, 7) is 0. The third-order valence-corrected chi connectivity index (χ3v) is 6.93. The Hall–Kier alpha value is -4.79. The number of hydrogen-bond donors (Lipinski definition) is 1. The van der Waals surface area contributed by atoms with Gasteiger partial charge < -0.3 is 19.5 Å². The molecule has 38 heavy (non-hydrogen) atoms. The molecular formula is C29H28N6O3. The van der Waals surface area contributed by atoms with Gasteiger partial charge in [-0.25, -0.2) is 9.36 Å². The fraction of sp³-hybridized carbons (Fsp3) is 0.207. The van der Waals surface area contributed by atoms with E-state index in [2.05, 4.69) is 33.7 Å². The summed E-state index contributed by atoms with van der Waals surface area (Å²) in [5, 5.41) is 13.2. The first-order valence-electron chi connectivity index (χ1n) is 12.4. The predicted octanol–water partition coefficient (Wildman–Crippen LogP) is 5.30. The first kappa shape index (κ1) is 23.6. The highest BCUT2D eigenvalue weighted by atomic mass is 16.5. The lowest BCUT2D eigenvalue weighted by Gasteiger charge is -2.31. The Labute approximate surface area is 220 Å². The summed E-state index contributed by atoms with van der Waals surface area (Å²) in [7, 11) is 4.94. The van der Waals surface area contributed by atoms with E-state index in [1.165, 1.54) is 0 Å². The summed E-state index contributed by atoms with van der Waals surface area (Å²) in [6.07, 6.45) is 4.43. The predicted molar refractivity (Wildman–Crippen MR) is 144 cm³/mol. The van der Waals surface area contributed by atoms with Gasteiger partial charge in [-0.1, -0.05) is 30.3 Å². The van der Waals surface area contributed by atoms with Crippen LogP contribution in [-0.2, 0) is 0 Å². The molecule has 0 radical (unpaired) electrons. The molecule has 1 N–H and O–H groups in total. The molecule has 9 nitrogen and oxygen atoms in total. The molecule has 2 atom stereocenters. The average molecular weight is 509 g/mol. The Balaban J connectivity index is 1.48. The van der Waals surface area contributed by atoms with Gasteiger partial charge in [0.15, 0.2) is 11.5 Å². The van der Waals surface area contributed by atoms with Crippen LogP contribution in [0.2, 0.25) is 0 Å². The van der Waals surface area contributed by atoms with Gasteiger partial charge in [0.05, 0.1) is 44.8 Å². The van der Waals surface area contributed by atoms with Crippen molar-refractivity contribution in [3.63, 3.8) is 0 Å². The summed E-state index contributed by atoms with van der Waals surface area (Å²) in [5.74, 6) is 2.85. The minimum atomic E-state index is -0.110. The van der Waals surface area contributed by atoms with Crippen LogP contribution in [0.1, 0.15) is 29.6 Å². The number of anilines is 1. The van der Waals surface area contributed by atoms with Crippen molar-refractivity contribution in [2.24, 2.45) is 0 Å². The standard InChI is InChI=1S/C29H28N6O3/c1-36-22-12-9-19(10-13-22)24-16-25(35-29(32-24)30-18-31-35)23-17-34(21-7-5-4-6-8-21)33-28(23)20-11-14-26(37-2)27(15-20)38-3/h4-15,17-18,24-25H,16H2,1-3H3,(H,30,31,32)/t24-,25-/m0/s1. The van der Waals surface area contributed by atoms with Crippen molar-refractivity contribution in [2.45, 2.75) is 18.5 Å². The van der Waals surface area contributed by atoms with Crippen molar-refractivity contribution >= 4 is 5.95 Å². The van der Waals surface area contributed by atoms with Crippen molar-refractivity contribution in [3.8, 4) is 34.2 Å². The topological polar surface area (TPSA) is 88.2 Å². The van der Waals surface area contributed by atoms with E-state index in [1.807, 2.05) is 70.0 Å². The zero-order valence-electron chi connectivity index (χ0n) is 21.4. The van der Waals surface area contributed by atoms with Gasteiger partial charge in [-0.2, -0.15) is 15.2 Å². The van der Waals surface area contributed by atoms with Crippen LogP contribution in [-0.4, -0.2) is 45.9 Å². The van der Waals surface area contributed by atoms with Crippen LogP contribution in [0.3, 0.4) is 0 Å². The number of ether oxygens (including phenoxy) is 3. The van der Waals surface area contributed by atoms with Gasteiger partial charge in [-0.15, -0.1) is 0 Å². The molecule has 0 amide bonds. The Morgan fingerprint density at radius 2 is 1.66 bits per heavy atom. The molecule has 0 fully saturated rings. The molecule has 0 unspecified atom stereocenters. The van der Waals surface area contributed by atoms with E-state index in [9.17, 15) is 0 Å². The van der Waals surface area contributed by atoms with Gasteiger partial charge >= 0.3 is 0 Å². The Morgan fingerprint density at radius 3 is 2.39 bits per heavy atom. The number of fused-ring (bicyclic) bond motifs is 1. The van der Waals surface area contributed by atoms with Crippen molar-refractivity contribution < 1.29 is 14.2 Å². The van der Waals surface area contributed by atoms with Gasteiger partial charge in [0.2, 0.25) is 5.95 Å². The van der Waals surface area contributed by atoms with Gasteiger partial charge in [0, 0.05) is 17.3 Å². The second-order valence-corrected chi connectivity index (χ2v) is 9.03. The first-order chi connectivity index (χ1) is 18.7. The SMILES string of the molecule is COc1ccc([C@@H]2C[C@@H](c3cn(-c4ccccc4)nc3-c3ccc(OC)c(OC)c3)n3ncnc3N2)cc1. The molecule has 9 heteroatoms. The number of aromatic nitrogens is 5. The van der Waals surface area contributed by atoms with E-state index in [0.717, 1.165) is 40.2 Å². The Bertz CT molecular complexity index is 1540. The highest BCUT2D eigenvalue weighted by Gasteiger charge is 2.33. The van der Waals surface area contributed by atoms with Crippen LogP contribution in [0.4, 0.5) is 5.95 Å². The molecular weight excluding hydrogens is 480 g/mol. The summed E-state index contributed by atoms with van der Waals surface area (Å²) in [4.78, 5) is 4.51. The minimum Gasteiger partial charge on any atom is -0.497 e. The Kier molecular flexibility index (Phi) is 6.17. The maximum Gasteiger partial charge on any atom is 0.222 e. The lowest BCUT2D eigenvalue weighted by atomic mass is 9.92. The molecule has 3 aromatic carbocycles. The zero-order valence-corrected chi connectivity index (χ0v) is 21.4. The lowest BCUT2D eigenvalue weighted by Crippen LogP contribution is -2.28. The van der Waals surface area contributed by atoms with Crippen molar-refractivity contribution in [3.05, 3.63) is 96.4 Å². The third-order valence-electron chi connectivity index (χ3n) is 6.93. The van der Waals surface area contributed by atoms with Crippen molar-refractivity contribution in [2.75, 3.05) is 26.6 Å². The van der Waals surface area contributed by atoms with E-state index >= 15 is 0 Å². The second kappa shape index (κ2) is 9.93. The van der Waals surface area contributed by atoms with Crippen LogP contribution in [0, 0.1) is 0 Å². The third kappa shape index (κ3) is 4.21. The molecule has 0 aliphatic carbocycles. The Morgan fingerprint density at radius 1 is 0.868 bits per heavy atom. The fourth-order valence-corrected chi connectivity index (χ4v) is 4.99. The monoisotopic (exact) mass is 508 g/mol.